The van der Waals surface area contributed by atoms with Crippen LogP contribution in [0, 0.1) is 6.92 Å². The molecule has 4 nitrogen and oxygen atoms in total. The maximum Gasteiger partial charge on any atom is 0.226 e. The third kappa shape index (κ3) is 1.69. The molecule has 2 N–H and O–H groups in total. The summed E-state index contributed by atoms with van der Waals surface area (Å²) in [6, 6.07) is 2.05. The van der Waals surface area contributed by atoms with Gasteiger partial charge in [-0.15, -0.1) is 0 Å². The number of rotatable bonds is 0. The van der Waals surface area contributed by atoms with Gasteiger partial charge in [0.25, 0.3) is 0 Å². The van der Waals surface area contributed by atoms with Gasteiger partial charge in [-0.25, -0.2) is 4.98 Å². The zero-order valence-electron chi connectivity index (χ0n) is 8.29. The monoisotopic (exact) mass is 191 g/mol. The Hall–Kier alpha value is -1.58. The predicted molar refractivity (Wildman–Crippen MR) is 55.3 cm³/mol. The molecule has 0 fully saturated rings. The van der Waals surface area contributed by atoms with Crippen LogP contribution < -0.4 is 10.6 Å². The highest BCUT2D eigenvalue weighted by Gasteiger charge is 2.17. The number of carbonyl (C=O) groups is 1. The van der Waals surface area contributed by atoms with E-state index in [1.54, 1.807) is 6.20 Å². The van der Waals surface area contributed by atoms with Crippen molar-refractivity contribution in [3.63, 3.8) is 0 Å². The highest BCUT2D eigenvalue weighted by atomic mass is 16.1. The van der Waals surface area contributed by atoms with E-state index in [1.165, 1.54) is 0 Å². The predicted octanol–water partition coefficient (Wildman–Crippen LogP) is 1.53. The number of carbonyl (C=O) groups excluding carboxylic acids is 1. The SMILES string of the molecule is Cc1cnc2c(c1)NC(=O)C[C@H](C)N2. The first-order valence-corrected chi connectivity index (χ1v) is 4.68. The molecule has 1 aliphatic heterocycles. The van der Waals surface area contributed by atoms with Gasteiger partial charge in [0.15, 0.2) is 0 Å². The van der Waals surface area contributed by atoms with E-state index >= 15 is 0 Å². The van der Waals surface area contributed by atoms with E-state index in [9.17, 15) is 4.79 Å². The largest absolute Gasteiger partial charge is 0.365 e. The van der Waals surface area contributed by atoms with Crippen LogP contribution in [0.25, 0.3) is 0 Å². The van der Waals surface area contributed by atoms with Crippen LogP contribution in [0.2, 0.25) is 0 Å². The molecule has 0 bridgehead atoms. The summed E-state index contributed by atoms with van der Waals surface area (Å²) < 4.78 is 0. The average molecular weight is 191 g/mol. The fourth-order valence-electron chi connectivity index (χ4n) is 1.54. The molecule has 0 aliphatic carbocycles. The van der Waals surface area contributed by atoms with Crippen molar-refractivity contribution in [3.05, 3.63) is 17.8 Å². The fraction of sp³-hybridized carbons (Fsp3) is 0.400. The van der Waals surface area contributed by atoms with E-state index in [4.69, 9.17) is 0 Å². The summed E-state index contributed by atoms with van der Waals surface area (Å²) in [6.45, 7) is 3.92. The van der Waals surface area contributed by atoms with E-state index in [0.29, 0.717) is 6.42 Å². The van der Waals surface area contributed by atoms with Crippen LogP contribution in [0.1, 0.15) is 18.9 Å². The molecule has 0 unspecified atom stereocenters. The Bertz CT molecular complexity index is 376. The van der Waals surface area contributed by atoms with Crippen LogP contribution in [0.15, 0.2) is 12.3 Å². The van der Waals surface area contributed by atoms with Crippen molar-refractivity contribution in [2.75, 3.05) is 10.6 Å². The summed E-state index contributed by atoms with van der Waals surface area (Å²) in [5.74, 6) is 0.796. The number of anilines is 2. The van der Waals surface area contributed by atoms with E-state index in [-0.39, 0.29) is 11.9 Å². The first-order valence-electron chi connectivity index (χ1n) is 4.68. The fourth-order valence-corrected chi connectivity index (χ4v) is 1.54. The quantitative estimate of drug-likeness (QED) is 0.654. The first-order chi connectivity index (χ1) is 6.65. The van der Waals surface area contributed by atoms with E-state index in [0.717, 1.165) is 17.1 Å². The number of nitrogens with one attached hydrogen (secondary N) is 2. The van der Waals surface area contributed by atoms with Crippen molar-refractivity contribution in [2.24, 2.45) is 0 Å². The summed E-state index contributed by atoms with van der Waals surface area (Å²) in [5, 5.41) is 6.02. The zero-order chi connectivity index (χ0) is 10.1. The van der Waals surface area contributed by atoms with Crippen LogP contribution in [-0.4, -0.2) is 16.9 Å². The molecule has 2 rings (SSSR count). The van der Waals surface area contributed by atoms with Gasteiger partial charge in [0.05, 0.1) is 5.69 Å². The van der Waals surface area contributed by atoms with Gasteiger partial charge in [0.2, 0.25) is 5.91 Å². The number of aromatic nitrogens is 1. The van der Waals surface area contributed by atoms with Crippen molar-refractivity contribution in [1.82, 2.24) is 4.98 Å². The molecule has 1 atom stereocenters. The Morgan fingerprint density at radius 3 is 3.14 bits per heavy atom. The van der Waals surface area contributed by atoms with Crippen molar-refractivity contribution >= 4 is 17.4 Å². The molecule has 74 valence electrons. The smallest absolute Gasteiger partial charge is 0.226 e. The van der Waals surface area contributed by atoms with Crippen LogP contribution in [0.4, 0.5) is 11.5 Å². The van der Waals surface area contributed by atoms with Crippen molar-refractivity contribution < 1.29 is 4.79 Å². The van der Waals surface area contributed by atoms with Gasteiger partial charge < -0.3 is 10.6 Å². The maximum atomic E-state index is 11.4. The molecular formula is C10H13N3O. The molecule has 1 aromatic rings. The molecule has 4 heteroatoms. The minimum atomic E-state index is 0.0381. The van der Waals surface area contributed by atoms with E-state index in [1.807, 2.05) is 19.9 Å². The van der Waals surface area contributed by atoms with Crippen molar-refractivity contribution in [3.8, 4) is 0 Å². The maximum absolute atomic E-state index is 11.4. The van der Waals surface area contributed by atoms with Gasteiger partial charge in [-0.3, -0.25) is 4.79 Å². The molecule has 1 amide bonds. The second-order valence-corrected chi connectivity index (χ2v) is 3.71. The standard InChI is InChI=1S/C10H13N3O/c1-6-3-8-10(11-5-6)12-7(2)4-9(14)13-8/h3,5,7H,4H2,1-2H3,(H,11,12)(H,13,14)/t7-/m0/s1. The lowest BCUT2D eigenvalue weighted by Crippen LogP contribution is -2.19. The normalized spacial score (nSPS) is 20.4. The lowest BCUT2D eigenvalue weighted by atomic mass is 10.2. The van der Waals surface area contributed by atoms with Gasteiger partial charge in [0, 0.05) is 18.7 Å². The number of fused-ring (bicyclic) bond motifs is 1. The van der Waals surface area contributed by atoms with Crippen molar-refractivity contribution in [2.45, 2.75) is 26.3 Å². The Balaban J connectivity index is 2.41. The number of pyridine rings is 1. The first kappa shape index (κ1) is 8.99. The number of nitrogens with zero attached hydrogens (tertiary/aromatic N) is 1. The number of aryl methyl sites for hydroxylation is 1. The second-order valence-electron chi connectivity index (χ2n) is 3.71. The third-order valence-electron chi connectivity index (χ3n) is 2.17. The van der Waals surface area contributed by atoms with Crippen LogP contribution in [0.3, 0.4) is 0 Å². The summed E-state index contributed by atoms with van der Waals surface area (Å²) in [5.41, 5.74) is 1.82. The van der Waals surface area contributed by atoms with Crippen LogP contribution in [-0.2, 0) is 4.79 Å². The summed E-state index contributed by atoms with van der Waals surface area (Å²) >= 11 is 0. The molecule has 2 heterocycles. The number of hydrogen-bond donors (Lipinski definition) is 2. The van der Waals surface area contributed by atoms with Crippen LogP contribution in [0.5, 0.6) is 0 Å². The van der Waals surface area contributed by atoms with Gasteiger partial charge in [-0.05, 0) is 25.5 Å². The molecule has 0 saturated carbocycles. The van der Waals surface area contributed by atoms with E-state index < -0.39 is 0 Å². The van der Waals surface area contributed by atoms with Gasteiger partial charge in [0.1, 0.15) is 5.82 Å². The minimum absolute atomic E-state index is 0.0381. The zero-order valence-corrected chi connectivity index (χ0v) is 8.29. The summed E-state index contributed by atoms with van der Waals surface area (Å²) in [7, 11) is 0. The molecule has 0 saturated heterocycles. The Morgan fingerprint density at radius 1 is 1.57 bits per heavy atom. The Morgan fingerprint density at radius 2 is 2.36 bits per heavy atom. The summed E-state index contributed by atoms with van der Waals surface area (Å²) in [6.07, 6.45) is 2.27. The van der Waals surface area contributed by atoms with Crippen molar-refractivity contribution in [1.29, 1.82) is 0 Å². The van der Waals surface area contributed by atoms with Gasteiger partial charge in [-0.1, -0.05) is 0 Å². The molecule has 14 heavy (non-hydrogen) atoms. The average Bonchev–Trinajstić information content (AvgIpc) is 2.21. The topological polar surface area (TPSA) is 54.0 Å². The lowest BCUT2D eigenvalue weighted by molar-refractivity contribution is -0.116. The Labute approximate surface area is 82.7 Å². The molecule has 0 spiro atoms. The molecule has 1 aromatic heterocycles. The molecule has 0 radical (unpaired) electrons. The number of hydrogen-bond acceptors (Lipinski definition) is 3. The molecule has 0 aromatic carbocycles. The molecule has 1 aliphatic rings. The van der Waals surface area contributed by atoms with E-state index in [2.05, 4.69) is 15.6 Å². The van der Waals surface area contributed by atoms with Gasteiger partial charge in [-0.2, -0.15) is 0 Å². The van der Waals surface area contributed by atoms with Crippen LogP contribution >= 0.6 is 0 Å². The highest BCUT2D eigenvalue weighted by Crippen LogP contribution is 2.24. The third-order valence-corrected chi connectivity index (χ3v) is 2.17. The molecular weight excluding hydrogens is 178 g/mol. The summed E-state index contributed by atoms with van der Waals surface area (Å²) in [4.78, 5) is 15.6. The second kappa shape index (κ2) is 3.29. The minimum Gasteiger partial charge on any atom is -0.365 e. The van der Waals surface area contributed by atoms with Gasteiger partial charge >= 0.3 is 0 Å². The number of amides is 1. The Kier molecular flexibility index (Phi) is 2.11. The lowest BCUT2D eigenvalue weighted by Gasteiger charge is -2.10. The highest BCUT2D eigenvalue weighted by molar-refractivity contribution is 5.95.